The van der Waals surface area contributed by atoms with Gasteiger partial charge in [0.1, 0.15) is 10.6 Å². The van der Waals surface area contributed by atoms with Crippen LogP contribution in [0.3, 0.4) is 0 Å². The van der Waals surface area contributed by atoms with Gasteiger partial charge in [0.15, 0.2) is 0 Å². The lowest BCUT2D eigenvalue weighted by Gasteiger charge is -2.33. The smallest absolute Gasteiger partial charge is 0.346 e. The number of carboxylic acids is 1. The Morgan fingerprint density at radius 3 is 2.53 bits per heavy atom. The monoisotopic (exact) mass is 661 g/mol. The van der Waals surface area contributed by atoms with Crippen LogP contribution in [0.1, 0.15) is 83.1 Å². The van der Waals surface area contributed by atoms with E-state index in [1.807, 2.05) is 81.6 Å². The lowest BCUT2D eigenvalue weighted by molar-refractivity contribution is 0.0626. The second kappa shape index (κ2) is 15.0. The van der Waals surface area contributed by atoms with Crippen LogP contribution in [-0.2, 0) is 13.8 Å². The van der Waals surface area contributed by atoms with Crippen LogP contribution in [0.15, 0.2) is 59.4 Å². The Labute approximate surface area is 274 Å². The molecule has 1 fully saturated rings. The third-order valence-electron chi connectivity index (χ3n) is 8.65. The quantitative estimate of drug-likeness (QED) is 0.128. The number of aromatic nitrogens is 1. The first-order chi connectivity index (χ1) is 21.7. The molecule has 45 heavy (non-hydrogen) atoms. The van der Waals surface area contributed by atoms with Crippen molar-refractivity contribution in [3.8, 4) is 22.3 Å². The van der Waals surface area contributed by atoms with Gasteiger partial charge in [-0.25, -0.2) is 9.78 Å². The van der Waals surface area contributed by atoms with Crippen LogP contribution in [0.4, 0.5) is 0 Å². The van der Waals surface area contributed by atoms with E-state index >= 15 is 4.57 Å². The highest BCUT2D eigenvalue weighted by atomic mass is 32.1. The number of aromatic carboxylic acids is 1. The van der Waals surface area contributed by atoms with E-state index in [-0.39, 0.29) is 5.92 Å². The zero-order valence-corrected chi connectivity index (χ0v) is 28.8. The van der Waals surface area contributed by atoms with Gasteiger partial charge in [-0.15, -0.1) is 22.7 Å². The van der Waals surface area contributed by atoms with Crippen LogP contribution >= 0.6 is 30.0 Å². The molecular weight excluding hydrogens is 622 g/mol. The molecule has 2 aromatic heterocycles. The second-order valence-electron chi connectivity index (χ2n) is 11.7. The van der Waals surface area contributed by atoms with Crippen molar-refractivity contribution in [3.05, 3.63) is 92.2 Å². The molecule has 0 amide bonds. The summed E-state index contributed by atoms with van der Waals surface area (Å²) in [4.78, 5) is 18.1. The fourth-order valence-corrected chi connectivity index (χ4v) is 10.6. The summed E-state index contributed by atoms with van der Waals surface area (Å²) in [6.07, 6.45) is 3.60. The molecule has 4 aromatic rings. The van der Waals surface area contributed by atoms with Crippen molar-refractivity contribution < 1.29 is 23.7 Å². The number of aryl methyl sites for hydroxylation is 2. The van der Waals surface area contributed by atoms with Gasteiger partial charge in [0.2, 0.25) is 7.37 Å². The Balaban J connectivity index is 1.54. The third-order valence-corrected chi connectivity index (χ3v) is 13.7. The molecule has 2 aromatic carbocycles. The van der Waals surface area contributed by atoms with Crippen LogP contribution in [-0.4, -0.2) is 41.5 Å². The van der Waals surface area contributed by atoms with Crippen molar-refractivity contribution in [1.82, 2.24) is 4.98 Å². The standard InChI is InChI=1S/C36H40NO5PS2/c1-5-42-43(40,33-15-6-24(2)20-25(33)3)26(4)31(14-10-28-16-18-41-19-17-28)32-21-34(45-35(32)36(38)39)29-11-7-27(8-12-29)9-13-30-22-44-23-37-30/h6-8,11-12,15,20-23,26,28,31H,5,10,14,16-19H2,1-4H3,(H,38,39). The molecule has 1 saturated heterocycles. The van der Waals surface area contributed by atoms with Gasteiger partial charge in [-0.3, -0.25) is 4.57 Å². The largest absolute Gasteiger partial charge is 0.477 e. The van der Waals surface area contributed by atoms with Gasteiger partial charge >= 0.3 is 5.97 Å². The van der Waals surface area contributed by atoms with Crippen LogP contribution in [0.25, 0.3) is 10.4 Å². The molecule has 1 aliphatic rings. The molecule has 3 heterocycles. The topological polar surface area (TPSA) is 85.7 Å². The van der Waals surface area contributed by atoms with Crippen LogP contribution in [0, 0.1) is 31.6 Å². The molecule has 3 atom stereocenters. The molecule has 9 heteroatoms. The molecule has 236 valence electrons. The Hall–Kier alpha value is -3.05. The molecule has 1 N–H and O–H groups in total. The lowest BCUT2D eigenvalue weighted by Crippen LogP contribution is -2.27. The van der Waals surface area contributed by atoms with E-state index in [1.165, 1.54) is 22.7 Å². The molecule has 6 nitrogen and oxygen atoms in total. The summed E-state index contributed by atoms with van der Waals surface area (Å²) >= 11 is 2.78. The molecular formula is C36H40NO5PS2. The number of hydrogen-bond acceptors (Lipinski definition) is 7. The number of ether oxygens (including phenoxy) is 1. The summed E-state index contributed by atoms with van der Waals surface area (Å²) in [5.74, 6) is 5.47. The zero-order chi connectivity index (χ0) is 32.0. The van der Waals surface area contributed by atoms with E-state index in [0.717, 1.165) is 82.6 Å². The van der Waals surface area contributed by atoms with E-state index in [1.54, 1.807) is 5.51 Å². The number of benzene rings is 2. The Bertz CT molecular complexity index is 1710. The number of rotatable bonds is 11. The number of thiazole rings is 1. The highest BCUT2D eigenvalue weighted by Crippen LogP contribution is 2.58. The predicted molar refractivity (Wildman–Crippen MR) is 185 cm³/mol. The molecule has 1 aliphatic heterocycles. The first-order valence-electron chi connectivity index (χ1n) is 15.5. The molecule has 0 radical (unpaired) electrons. The van der Waals surface area contributed by atoms with Crippen molar-refractivity contribution in [2.45, 2.75) is 65.0 Å². The van der Waals surface area contributed by atoms with Crippen molar-refractivity contribution in [2.24, 2.45) is 5.92 Å². The maximum atomic E-state index is 15.1. The minimum absolute atomic E-state index is 0.273. The van der Waals surface area contributed by atoms with E-state index in [4.69, 9.17) is 9.26 Å². The molecule has 0 saturated carbocycles. The number of hydrogen-bond donors (Lipinski definition) is 1. The summed E-state index contributed by atoms with van der Waals surface area (Å²) < 4.78 is 26.9. The molecule has 0 spiro atoms. The number of nitrogens with zero attached hydrogens (tertiary/aromatic N) is 1. The normalized spacial score (nSPS) is 16.4. The Morgan fingerprint density at radius 2 is 1.89 bits per heavy atom. The van der Waals surface area contributed by atoms with Crippen molar-refractivity contribution in [2.75, 3.05) is 19.8 Å². The van der Waals surface area contributed by atoms with Gasteiger partial charge in [0, 0.05) is 40.0 Å². The summed E-state index contributed by atoms with van der Waals surface area (Å²) in [6.45, 7) is 9.66. The summed E-state index contributed by atoms with van der Waals surface area (Å²) in [6, 6.07) is 15.8. The number of carbonyl (C=O) groups is 1. The summed E-state index contributed by atoms with van der Waals surface area (Å²) in [5, 5.41) is 13.1. The fourth-order valence-electron chi connectivity index (χ4n) is 6.22. The van der Waals surface area contributed by atoms with Gasteiger partial charge in [0.25, 0.3) is 0 Å². The minimum atomic E-state index is -3.39. The summed E-state index contributed by atoms with van der Waals surface area (Å²) in [5.41, 5.74) is 6.62. The van der Waals surface area contributed by atoms with E-state index in [9.17, 15) is 9.90 Å². The number of carboxylic acid groups (broad SMARTS) is 1. The molecule has 0 aliphatic carbocycles. The minimum Gasteiger partial charge on any atom is -0.477 e. The third kappa shape index (κ3) is 7.85. The van der Waals surface area contributed by atoms with Gasteiger partial charge in [-0.1, -0.05) is 42.7 Å². The van der Waals surface area contributed by atoms with Crippen molar-refractivity contribution in [3.63, 3.8) is 0 Å². The SMILES string of the molecule is CCOP(=O)(c1ccc(C)cc1C)C(C)C(CCC1CCOCC1)c1cc(-c2ccc(C#Cc3cscn3)cc2)sc1C(=O)O. The Morgan fingerprint density at radius 1 is 1.13 bits per heavy atom. The Kier molecular flexibility index (Phi) is 11.1. The zero-order valence-electron chi connectivity index (χ0n) is 26.2. The second-order valence-corrected chi connectivity index (χ2v) is 16.2. The van der Waals surface area contributed by atoms with Crippen molar-refractivity contribution >= 4 is 41.3 Å². The highest BCUT2D eigenvalue weighted by molar-refractivity contribution is 7.67. The fraction of sp³-hybridized carbons (Fsp3) is 0.389. The van der Waals surface area contributed by atoms with Crippen LogP contribution < -0.4 is 5.30 Å². The molecule has 3 unspecified atom stereocenters. The summed E-state index contributed by atoms with van der Waals surface area (Å²) in [7, 11) is -3.39. The maximum absolute atomic E-state index is 15.1. The van der Waals surface area contributed by atoms with Gasteiger partial charge < -0.3 is 14.4 Å². The van der Waals surface area contributed by atoms with E-state index in [2.05, 4.69) is 16.8 Å². The highest BCUT2D eigenvalue weighted by Gasteiger charge is 2.41. The number of thiophene rings is 1. The average Bonchev–Trinajstić information content (AvgIpc) is 3.72. The van der Waals surface area contributed by atoms with Crippen LogP contribution in [0.5, 0.6) is 0 Å². The first kappa shape index (κ1) is 33.3. The maximum Gasteiger partial charge on any atom is 0.346 e. The van der Waals surface area contributed by atoms with E-state index in [0.29, 0.717) is 17.4 Å². The predicted octanol–water partition coefficient (Wildman–Crippen LogP) is 8.91. The lowest BCUT2D eigenvalue weighted by atomic mass is 9.85. The van der Waals surface area contributed by atoms with Crippen LogP contribution in [0.2, 0.25) is 0 Å². The molecule has 5 rings (SSSR count). The van der Waals surface area contributed by atoms with E-state index < -0.39 is 19.0 Å². The van der Waals surface area contributed by atoms with Gasteiger partial charge in [-0.05, 0) is 105 Å². The van der Waals surface area contributed by atoms with Gasteiger partial charge in [0.05, 0.1) is 12.1 Å². The van der Waals surface area contributed by atoms with Gasteiger partial charge in [-0.2, -0.15) is 0 Å². The van der Waals surface area contributed by atoms with Crippen molar-refractivity contribution in [1.29, 1.82) is 0 Å². The molecule has 0 bridgehead atoms. The first-order valence-corrected chi connectivity index (χ1v) is 18.9. The average molecular weight is 662 g/mol.